The monoisotopic (exact) mass is 190 g/mol. The summed E-state index contributed by atoms with van der Waals surface area (Å²) in [5.41, 5.74) is 0. The van der Waals surface area contributed by atoms with E-state index in [2.05, 4.69) is 0 Å². The summed E-state index contributed by atoms with van der Waals surface area (Å²) in [5.74, 6) is 0. The first-order valence-electron chi connectivity index (χ1n) is 6.95. The van der Waals surface area contributed by atoms with E-state index in [9.17, 15) is 0 Å². The Morgan fingerprint density at radius 2 is 0.929 bits per heavy atom. The SMILES string of the molecule is C1CCB(CCCCB2CCCC2)C1. The highest BCUT2D eigenvalue weighted by atomic mass is 14.0. The molecule has 0 aromatic rings. The third-order valence-electron chi connectivity index (χ3n) is 4.42. The highest BCUT2D eigenvalue weighted by Gasteiger charge is 2.20. The van der Waals surface area contributed by atoms with E-state index >= 15 is 0 Å². The number of unbranched alkanes of at least 4 members (excludes halogenated alkanes) is 1. The summed E-state index contributed by atoms with van der Waals surface area (Å²) >= 11 is 0. The number of hydrogen-bond donors (Lipinski definition) is 0. The van der Waals surface area contributed by atoms with Crippen molar-refractivity contribution in [3.8, 4) is 0 Å². The van der Waals surface area contributed by atoms with E-state index in [0.717, 1.165) is 13.4 Å². The van der Waals surface area contributed by atoms with Gasteiger partial charge in [-0.05, 0) is 0 Å². The van der Waals surface area contributed by atoms with Crippen molar-refractivity contribution in [2.75, 3.05) is 0 Å². The number of hydrogen-bond acceptors (Lipinski definition) is 0. The molecule has 0 amide bonds. The topological polar surface area (TPSA) is 0 Å². The summed E-state index contributed by atoms with van der Waals surface area (Å²) in [6.45, 7) is 2.25. The molecule has 2 aliphatic rings. The van der Waals surface area contributed by atoms with Crippen LogP contribution < -0.4 is 0 Å². The van der Waals surface area contributed by atoms with Crippen molar-refractivity contribution in [1.82, 2.24) is 0 Å². The van der Waals surface area contributed by atoms with Gasteiger partial charge in [-0.25, -0.2) is 0 Å². The minimum Gasteiger partial charge on any atom is -0.0742 e. The summed E-state index contributed by atoms with van der Waals surface area (Å²) in [5, 5.41) is 0. The van der Waals surface area contributed by atoms with Gasteiger partial charge in [0.2, 0.25) is 0 Å². The molecule has 2 heteroatoms. The first-order valence-corrected chi connectivity index (χ1v) is 6.95. The number of rotatable bonds is 5. The average molecular weight is 190 g/mol. The Kier molecular flexibility index (Phi) is 4.47. The zero-order chi connectivity index (χ0) is 9.64. The van der Waals surface area contributed by atoms with Crippen LogP contribution in [0, 0.1) is 0 Å². The molecule has 2 saturated heterocycles. The molecule has 0 nitrogen and oxygen atoms in total. The summed E-state index contributed by atoms with van der Waals surface area (Å²) in [4.78, 5) is 0. The van der Waals surface area contributed by atoms with E-state index in [0.29, 0.717) is 0 Å². The third kappa shape index (κ3) is 3.37. The Bertz CT molecular complexity index is 128. The Balaban J connectivity index is 1.46. The second kappa shape index (κ2) is 5.88. The van der Waals surface area contributed by atoms with Gasteiger partial charge < -0.3 is 0 Å². The molecule has 0 aromatic heterocycles. The van der Waals surface area contributed by atoms with Crippen LogP contribution in [0.2, 0.25) is 37.9 Å². The van der Waals surface area contributed by atoms with Crippen LogP contribution in [0.15, 0.2) is 0 Å². The van der Waals surface area contributed by atoms with Crippen molar-refractivity contribution in [3.63, 3.8) is 0 Å². The van der Waals surface area contributed by atoms with E-state index in [1.165, 1.54) is 38.5 Å². The van der Waals surface area contributed by atoms with Crippen molar-refractivity contribution < 1.29 is 0 Å². The fourth-order valence-corrected chi connectivity index (χ4v) is 3.46. The predicted molar refractivity (Wildman–Crippen MR) is 68.1 cm³/mol. The van der Waals surface area contributed by atoms with Gasteiger partial charge in [0.25, 0.3) is 0 Å². The molecular weight excluding hydrogens is 166 g/mol. The Morgan fingerprint density at radius 3 is 1.29 bits per heavy atom. The van der Waals surface area contributed by atoms with Crippen LogP contribution in [0.5, 0.6) is 0 Å². The van der Waals surface area contributed by atoms with Crippen LogP contribution in [-0.4, -0.2) is 13.4 Å². The van der Waals surface area contributed by atoms with Crippen LogP contribution >= 0.6 is 0 Å². The predicted octanol–water partition coefficient (Wildman–Crippen LogP) is 4.34. The van der Waals surface area contributed by atoms with E-state index in [4.69, 9.17) is 0 Å². The Labute approximate surface area is 90.4 Å². The van der Waals surface area contributed by atoms with Crippen molar-refractivity contribution in [2.45, 2.75) is 76.4 Å². The smallest absolute Gasteiger partial charge is 0.0742 e. The standard InChI is InChI=1S/C12H24B2/c1-2-8-13(7-1)11-5-6-12-14-9-3-4-10-14/h1-12H2. The maximum Gasteiger partial charge on any atom is 0.139 e. The lowest BCUT2D eigenvalue weighted by atomic mass is 9.43. The van der Waals surface area contributed by atoms with E-state index < -0.39 is 0 Å². The van der Waals surface area contributed by atoms with Gasteiger partial charge in [0.15, 0.2) is 0 Å². The van der Waals surface area contributed by atoms with Gasteiger partial charge >= 0.3 is 0 Å². The molecule has 0 unspecified atom stereocenters. The molecule has 2 aliphatic heterocycles. The first-order chi connectivity index (χ1) is 6.95. The molecule has 2 heterocycles. The highest BCUT2D eigenvalue weighted by molar-refractivity contribution is 6.60. The summed E-state index contributed by atoms with van der Waals surface area (Å²) in [6, 6.07) is 0. The van der Waals surface area contributed by atoms with Crippen LogP contribution in [-0.2, 0) is 0 Å². The van der Waals surface area contributed by atoms with Crippen LogP contribution in [0.1, 0.15) is 38.5 Å². The second-order valence-electron chi connectivity index (χ2n) is 5.59. The lowest BCUT2D eigenvalue weighted by Gasteiger charge is -2.07. The summed E-state index contributed by atoms with van der Waals surface area (Å²) in [6.07, 6.45) is 18.4. The van der Waals surface area contributed by atoms with Crippen molar-refractivity contribution in [3.05, 3.63) is 0 Å². The Morgan fingerprint density at radius 1 is 0.571 bits per heavy atom. The molecule has 78 valence electrons. The van der Waals surface area contributed by atoms with Crippen LogP contribution in [0.4, 0.5) is 0 Å². The molecule has 0 bridgehead atoms. The quantitative estimate of drug-likeness (QED) is 0.446. The van der Waals surface area contributed by atoms with Crippen molar-refractivity contribution >= 4 is 13.4 Å². The lowest BCUT2D eigenvalue weighted by Crippen LogP contribution is -2.07. The van der Waals surface area contributed by atoms with Crippen LogP contribution in [0.25, 0.3) is 0 Å². The van der Waals surface area contributed by atoms with Gasteiger partial charge in [-0.2, -0.15) is 0 Å². The molecule has 2 fully saturated rings. The fraction of sp³-hybridized carbons (Fsp3) is 1.00. The van der Waals surface area contributed by atoms with Crippen molar-refractivity contribution in [1.29, 1.82) is 0 Å². The van der Waals surface area contributed by atoms with E-state index in [1.54, 1.807) is 37.9 Å². The molecule has 0 radical (unpaired) electrons. The molecule has 0 aliphatic carbocycles. The second-order valence-corrected chi connectivity index (χ2v) is 5.59. The fourth-order valence-electron chi connectivity index (χ4n) is 3.46. The lowest BCUT2D eigenvalue weighted by molar-refractivity contribution is 0.859. The van der Waals surface area contributed by atoms with Gasteiger partial charge in [0, 0.05) is 0 Å². The normalized spacial score (nSPS) is 22.3. The zero-order valence-corrected chi connectivity index (χ0v) is 9.64. The minimum atomic E-state index is 1.12. The van der Waals surface area contributed by atoms with E-state index in [-0.39, 0.29) is 0 Å². The van der Waals surface area contributed by atoms with Crippen LogP contribution in [0.3, 0.4) is 0 Å². The molecule has 2 rings (SSSR count). The largest absolute Gasteiger partial charge is 0.139 e. The van der Waals surface area contributed by atoms with Gasteiger partial charge in [0.05, 0.1) is 0 Å². The average Bonchev–Trinajstić information content (AvgIpc) is 2.86. The maximum absolute atomic E-state index is 1.55. The molecule has 0 spiro atoms. The van der Waals surface area contributed by atoms with Crippen molar-refractivity contribution in [2.24, 2.45) is 0 Å². The molecule has 0 aromatic carbocycles. The molecule has 14 heavy (non-hydrogen) atoms. The highest BCUT2D eigenvalue weighted by Crippen LogP contribution is 2.26. The molecule has 0 atom stereocenters. The van der Waals surface area contributed by atoms with Gasteiger partial charge in [0.1, 0.15) is 13.4 Å². The van der Waals surface area contributed by atoms with Gasteiger partial charge in [-0.15, -0.1) is 0 Å². The van der Waals surface area contributed by atoms with Gasteiger partial charge in [-0.3, -0.25) is 0 Å². The first kappa shape index (κ1) is 10.6. The summed E-state index contributed by atoms with van der Waals surface area (Å²) in [7, 11) is 0. The third-order valence-corrected chi connectivity index (χ3v) is 4.42. The zero-order valence-electron chi connectivity index (χ0n) is 9.64. The molecule has 0 N–H and O–H groups in total. The molecular formula is C12H24B2. The maximum atomic E-state index is 1.55. The Hall–Kier alpha value is 0.130. The van der Waals surface area contributed by atoms with E-state index in [1.807, 2.05) is 0 Å². The molecule has 0 saturated carbocycles. The summed E-state index contributed by atoms with van der Waals surface area (Å²) < 4.78 is 0. The van der Waals surface area contributed by atoms with Gasteiger partial charge in [-0.1, -0.05) is 76.4 Å². The minimum absolute atomic E-state index is 1.12.